The molecular weight excluding hydrogens is 428 g/mol. The summed E-state index contributed by atoms with van der Waals surface area (Å²) in [4.78, 5) is 0. The van der Waals surface area contributed by atoms with E-state index in [2.05, 4.69) is 50.2 Å². The van der Waals surface area contributed by atoms with Gasteiger partial charge >= 0.3 is 0 Å². The molecule has 164 valence electrons. The SMILES string of the molecule is CC(C)(O)c1ccccc1-c1cc2c(c3c1oc1ccccc13)-c1ccc(Cl)cc1C2(C)C. The largest absolute Gasteiger partial charge is 0.455 e. The van der Waals surface area contributed by atoms with Crippen molar-refractivity contribution in [2.24, 2.45) is 0 Å². The number of fused-ring (bicyclic) bond motifs is 7. The molecule has 0 fully saturated rings. The van der Waals surface area contributed by atoms with Crippen molar-refractivity contribution in [2.45, 2.75) is 38.7 Å². The van der Waals surface area contributed by atoms with Gasteiger partial charge < -0.3 is 9.52 Å². The Balaban J connectivity index is 1.83. The van der Waals surface area contributed by atoms with Crippen molar-refractivity contribution >= 4 is 33.5 Å². The summed E-state index contributed by atoms with van der Waals surface area (Å²) in [5.74, 6) is 0. The highest BCUT2D eigenvalue weighted by molar-refractivity contribution is 6.31. The zero-order chi connectivity index (χ0) is 23.1. The van der Waals surface area contributed by atoms with Gasteiger partial charge in [-0.2, -0.15) is 0 Å². The summed E-state index contributed by atoms with van der Waals surface area (Å²) in [6.45, 7) is 8.18. The zero-order valence-corrected chi connectivity index (χ0v) is 19.9. The molecule has 4 aromatic carbocycles. The molecule has 0 radical (unpaired) electrons. The Morgan fingerprint density at radius 2 is 1.55 bits per heavy atom. The molecule has 0 aliphatic heterocycles. The van der Waals surface area contributed by atoms with E-state index in [0.717, 1.165) is 43.7 Å². The summed E-state index contributed by atoms with van der Waals surface area (Å²) < 4.78 is 6.53. The highest BCUT2D eigenvalue weighted by Gasteiger charge is 2.39. The van der Waals surface area contributed by atoms with E-state index in [1.807, 2.05) is 50.2 Å². The van der Waals surface area contributed by atoms with Gasteiger partial charge in [-0.05, 0) is 71.5 Å². The summed E-state index contributed by atoms with van der Waals surface area (Å²) in [6.07, 6.45) is 0. The van der Waals surface area contributed by atoms with Gasteiger partial charge in [0.15, 0.2) is 0 Å². The summed E-state index contributed by atoms with van der Waals surface area (Å²) in [6, 6.07) is 24.8. The third kappa shape index (κ3) is 2.84. The van der Waals surface area contributed by atoms with Crippen molar-refractivity contribution in [3.8, 4) is 22.3 Å². The minimum Gasteiger partial charge on any atom is -0.455 e. The Bertz CT molecular complexity index is 1580. The van der Waals surface area contributed by atoms with Crippen LogP contribution in [0.15, 0.2) is 77.2 Å². The van der Waals surface area contributed by atoms with Crippen LogP contribution in [0.3, 0.4) is 0 Å². The minimum atomic E-state index is -0.986. The predicted molar refractivity (Wildman–Crippen MR) is 137 cm³/mol. The van der Waals surface area contributed by atoms with Crippen LogP contribution in [0.25, 0.3) is 44.2 Å². The second-order valence-corrected chi connectivity index (χ2v) is 10.5. The Hall–Kier alpha value is -3.07. The van der Waals surface area contributed by atoms with E-state index in [1.165, 1.54) is 22.3 Å². The van der Waals surface area contributed by atoms with Gasteiger partial charge in [0, 0.05) is 26.8 Å². The van der Waals surface area contributed by atoms with Gasteiger partial charge in [-0.1, -0.05) is 74.0 Å². The molecule has 1 aromatic heterocycles. The first kappa shape index (κ1) is 20.5. The van der Waals surface area contributed by atoms with Crippen molar-refractivity contribution in [2.75, 3.05) is 0 Å². The van der Waals surface area contributed by atoms with Crippen LogP contribution in [0.2, 0.25) is 5.02 Å². The van der Waals surface area contributed by atoms with Crippen LogP contribution < -0.4 is 0 Å². The molecule has 1 N–H and O–H groups in total. The van der Waals surface area contributed by atoms with Crippen LogP contribution in [-0.2, 0) is 11.0 Å². The third-order valence-corrected chi connectivity index (χ3v) is 7.36. The van der Waals surface area contributed by atoms with Gasteiger partial charge in [0.05, 0.1) is 5.60 Å². The second kappa shape index (κ2) is 6.72. The second-order valence-electron chi connectivity index (χ2n) is 10.1. The first-order chi connectivity index (χ1) is 15.7. The number of hydrogen-bond acceptors (Lipinski definition) is 2. The maximum atomic E-state index is 11.0. The predicted octanol–water partition coefficient (Wildman–Crippen LogP) is 8.44. The lowest BCUT2D eigenvalue weighted by atomic mass is 9.80. The normalized spacial score (nSPS) is 14.6. The average Bonchev–Trinajstić information content (AvgIpc) is 3.26. The van der Waals surface area contributed by atoms with Crippen molar-refractivity contribution < 1.29 is 9.52 Å². The van der Waals surface area contributed by atoms with Gasteiger partial charge in [0.25, 0.3) is 0 Å². The molecule has 0 bridgehead atoms. The van der Waals surface area contributed by atoms with Crippen LogP contribution in [0.5, 0.6) is 0 Å². The highest BCUT2D eigenvalue weighted by Crippen LogP contribution is 2.55. The number of furan rings is 1. The fourth-order valence-corrected chi connectivity index (χ4v) is 5.69. The van der Waals surface area contributed by atoms with E-state index < -0.39 is 5.60 Å². The van der Waals surface area contributed by atoms with Crippen molar-refractivity contribution in [3.63, 3.8) is 0 Å². The first-order valence-electron chi connectivity index (χ1n) is 11.3. The van der Waals surface area contributed by atoms with E-state index in [1.54, 1.807) is 0 Å². The van der Waals surface area contributed by atoms with Gasteiger partial charge in [-0.25, -0.2) is 0 Å². The number of halogens is 1. The lowest BCUT2D eigenvalue weighted by Crippen LogP contribution is -2.17. The molecule has 6 rings (SSSR count). The molecule has 33 heavy (non-hydrogen) atoms. The van der Waals surface area contributed by atoms with Crippen LogP contribution in [0.1, 0.15) is 44.4 Å². The molecule has 5 aromatic rings. The summed E-state index contributed by atoms with van der Waals surface area (Å²) in [7, 11) is 0. The zero-order valence-electron chi connectivity index (χ0n) is 19.2. The van der Waals surface area contributed by atoms with E-state index in [4.69, 9.17) is 16.0 Å². The number of benzene rings is 4. The minimum absolute atomic E-state index is 0.222. The van der Waals surface area contributed by atoms with E-state index >= 15 is 0 Å². The smallest absolute Gasteiger partial charge is 0.143 e. The first-order valence-corrected chi connectivity index (χ1v) is 11.7. The van der Waals surface area contributed by atoms with Crippen LogP contribution >= 0.6 is 11.6 Å². The lowest BCUT2D eigenvalue weighted by Gasteiger charge is -2.24. The van der Waals surface area contributed by atoms with Crippen molar-refractivity contribution in [1.29, 1.82) is 0 Å². The summed E-state index contributed by atoms with van der Waals surface area (Å²) >= 11 is 6.44. The highest BCUT2D eigenvalue weighted by atomic mass is 35.5. The topological polar surface area (TPSA) is 33.4 Å². The van der Waals surface area contributed by atoms with Gasteiger partial charge in [0.1, 0.15) is 11.2 Å². The molecule has 1 aliphatic carbocycles. The molecule has 0 unspecified atom stereocenters. The number of rotatable bonds is 2. The fourth-order valence-electron chi connectivity index (χ4n) is 5.52. The molecule has 0 saturated heterocycles. The van der Waals surface area contributed by atoms with Gasteiger partial charge in [0.2, 0.25) is 0 Å². The third-order valence-electron chi connectivity index (χ3n) is 7.12. The van der Waals surface area contributed by atoms with Gasteiger partial charge in [-0.15, -0.1) is 0 Å². The molecule has 3 heteroatoms. The van der Waals surface area contributed by atoms with Crippen molar-refractivity contribution in [1.82, 2.24) is 0 Å². The maximum absolute atomic E-state index is 11.0. The van der Waals surface area contributed by atoms with E-state index in [9.17, 15) is 5.11 Å². The Kier molecular flexibility index (Phi) is 4.18. The molecule has 0 amide bonds. The number of para-hydroxylation sites is 1. The Labute approximate surface area is 198 Å². The number of hydrogen-bond donors (Lipinski definition) is 1. The van der Waals surface area contributed by atoms with Crippen LogP contribution in [0, 0.1) is 0 Å². The lowest BCUT2D eigenvalue weighted by molar-refractivity contribution is 0.0792. The molecule has 1 aliphatic rings. The molecule has 0 saturated carbocycles. The molecular formula is C30H25ClO2. The Morgan fingerprint density at radius 1 is 0.818 bits per heavy atom. The maximum Gasteiger partial charge on any atom is 0.143 e. The van der Waals surface area contributed by atoms with E-state index in [-0.39, 0.29) is 5.41 Å². The van der Waals surface area contributed by atoms with Crippen molar-refractivity contribution in [3.05, 3.63) is 94.5 Å². The number of aliphatic hydroxyl groups is 1. The van der Waals surface area contributed by atoms with Crippen LogP contribution in [0.4, 0.5) is 0 Å². The summed E-state index contributed by atoms with van der Waals surface area (Å²) in [5.41, 5.74) is 8.28. The average molecular weight is 453 g/mol. The molecule has 0 spiro atoms. The van der Waals surface area contributed by atoms with Crippen LogP contribution in [-0.4, -0.2) is 5.11 Å². The summed E-state index contributed by atoms with van der Waals surface area (Å²) in [5, 5.41) is 13.9. The Morgan fingerprint density at radius 3 is 2.33 bits per heavy atom. The molecule has 1 heterocycles. The van der Waals surface area contributed by atoms with E-state index in [0.29, 0.717) is 0 Å². The fraction of sp³-hybridized carbons (Fsp3) is 0.200. The molecule has 0 atom stereocenters. The quantitative estimate of drug-likeness (QED) is 0.291. The standard InChI is InChI=1S/C30H25ClO2/c1-29(2)23-15-17(31)13-14-19(23)26-24(29)16-21(18-9-5-7-11-22(18)30(3,4)32)28-27(26)20-10-6-8-12-25(20)33-28/h5-16,32H,1-4H3. The molecule has 2 nitrogen and oxygen atoms in total. The van der Waals surface area contributed by atoms with Gasteiger partial charge in [-0.3, -0.25) is 0 Å². The monoisotopic (exact) mass is 452 g/mol.